The van der Waals surface area contributed by atoms with Gasteiger partial charge in [-0.2, -0.15) is 13.2 Å². The summed E-state index contributed by atoms with van der Waals surface area (Å²) < 4.78 is 53.9. The van der Waals surface area contributed by atoms with Gasteiger partial charge in [-0.05, 0) is 43.2 Å². The predicted octanol–water partition coefficient (Wildman–Crippen LogP) is 5.32. The molecule has 1 amide bonds. The van der Waals surface area contributed by atoms with Crippen LogP contribution in [0.5, 0.6) is 0 Å². The van der Waals surface area contributed by atoms with E-state index in [4.69, 9.17) is 0 Å². The number of benzene rings is 1. The number of carbonyl (C=O) groups is 2. The van der Waals surface area contributed by atoms with E-state index in [9.17, 15) is 27.2 Å². The number of hydrogen-bond acceptors (Lipinski definition) is 4. The minimum absolute atomic E-state index is 0.0728. The summed E-state index contributed by atoms with van der Waals surface area (Å²) in [6.45, 7) is 2.70. The van der Waals surface area contributed by atoms with Gasteiger partial charge in [0.2, 0.25) is 5.91 Å². The van der Waals surface area contributed by atoms with Crippen molar-refractivity contribution in [3.63, 3.8) is 0 Å². The average Bonchev–Trinajstić information content (AvgIpc) is 3.19. The van der Waals surface area contributed by atoms with E-state index in [-0.39, 0.29) is 29.1 Å². The van der Waals surface area contributed by atoms with Crippen LogP contribution in [0, 0.1) is 12.7 Å². The van der Waals surface area contributed by atoms with Gasteiger partial charge >= 0.3 is 6.18 Å². The molecule has 1 aliphatic rings. The van der Waals surface area contributed by atoms with Crippen molar-refractivity contribution in [2.75, 3.05) is 5.32 Å². The summed E-state index contributed by atoms with van der Waals surface area (Å²) in [4.78, 5) is 32.2. The van der Waals surface area contributed by atoms with E-state index in [0.717, 1.165) is 23.5 Å². The Bertz CT molecular complexity index is 1350. The van der Waals surface area contributed by atoms with Crippen LogP contribution in [0.2, 0.25) is 0 Å². The molecule has 0 atom stereocenters. The highest BCUT2D eigenvalue weighted by Gasteiger charge is 2.33. The summed E-state index contributed by atoms with van der Waals surface area (Å²) in [5, 5.41) is 2.33. The van der Waals surface area contributed by atoms with Crippen LogP contribution < -0.4 is 5.32 Å². The van der Waals surface area contributed by atoms with Crippen molar-refractivity contribution < 1.29 is 27.2 Å². The molecule has 1 N–H and O–H groups in total. The lowest BCUT2D eigenvalue weighted by molar-refractivity contribution is -0.138. The zero-order valence-corrected chi connectivity index (χ0v) is 18.3. The molecule has 9 heteroatoms. The standard InChI is InChI=1S/C25H19F4N3O2/c1-13-21(25(27,28)29)10-18(12-30-13)32-24(34)9-16-4-3-15(8-22(16)26)17-7-20-19(14(2)33)5-6-23(20)31-11-17/h3-5,7-8,10-12H,6,9H2,1-2H3,(H,32,34). The lowest BCUT2D eigenvalue weighted by Gasteiger charge is -2.12. The second kappa shape index (κ2) is 8.81. The predicted molar refractivity (Wildman–Crippen MR) is 118 cm³/mol. The number of rotatable bonds is 5. The van der Waals surface area contributed by atoms with Crippen LogP contribution >= 0.6 is 0 Å². The van der Waals surface area contributed by atoms with Crippen molar-refractivity contribution >= 4 is 23.0 Å². The van der Waals surface area contributed by atoms with Gasteiger partial charge < -0.3 is 5.32 Å². The molecule has 0 aliphatic heterocycles. The number of fused-ring (bicyclic) bond motifs is 1. The van der Waals surface area contributed by atoms with Crippen molar-refractivity contribution in [3.8, 4) is 11.1 Å². The number of allylic oxidation sites excluding steroid dienone is 2. The van der Waals surface area contributed by atoms with E-state index in [0.29, 0.717) is 23.1 Å². The summed E-state index contributed by atoms with van der Waals surface area (Å²) in [5.74, 6) is -1.40. The van der Waals surface area contributed by atoms with Gasteiger partial charge in [0, 0.05) is 35.0 Å². The number of halogens is 4. The number of nitrogens with zero attached hydrogens (tertiary/aromatic N) is 2. The average molecular weight is 469 g/mol. The number of amides is 1. The number of carbonyl (C=O) groups excluding carboxylic acids is 2. The smallest absolute Gasteiger partial charge is 0.324 e. The molecular formula is C25H19F4N3O2. The van der Waals surface area contributed by atoms with Gasteiger partial charge in [-0.25, -0.2) is 4.39 Å². The van der Waals surface area contributed by atoms with Crippen LogP contribution in [0.3, 0.4) is 0 Å². The van der Waals surface area contributed by atoms with Crippen molar-refractivity contribution in [3.05, 3.63) is 82.7 Å². The number of hydrogen-bond donors (Lipinski definition) is 1. The second-order valence-corrected chi connectivity index (χ2v) is 7.98. The molecule has 0 fully saturated rings. The van der Waals surface area contributed by atoms with Crippen molar-refractivity contribution in [1.82, 2.24) is 9.97 Å². The molecule has 0 radical (unpaired) electrons. The third-order valence-electron chi connectivity index (χ3n) is 5.55. The fourth-order valence-corrected chi connectivity index (χ4v) is 3.83. The maximum atomic E-state index is 14.8. The van der Waals surface area contributed by atoms with E-state index in [1.807, 2.05) is 6.08 Å². The Morgan fingerprint density at radius 3 is 2.50 bits per heavy atom. The normalized spacial score (nSPS) is 12.8. The van der Waals surface area contributed by atoms with E-state index < -0.39 is 23.5 Å². The molecule has 3 aromatic rings. The summed E-state index contributed by atoms with van der Waals surface area (Å²) >= 11 is 0. The molecule has 1 aliphatic carbocycles. The Morgan fingerprint density at radius 2 is 1.82 bits per heavy atom. The summed E-state index contributed by atoms with van der Waals surface area (Å²) in [6, 6.07) is 6.90. The summed E-state index contributed by atoms with van der Waals surface area (Å²) in [7, 11) is 0. The Balaban J connectivity index is 1.51. The first-order valence-corrected chi connectivity index (χ1v) is 10.4. The minimum Gasteiger partial charge on any atom is -0.324 e. The molecular weight excluding hydrogens is 450 g/mol. The van der Waals surface area contributed by atoms with E-state index in [1.54, 1.807) is 18.3 Å². The molecule has 4 rings (SSSR count). The Labute approximate surface area is 192 Å². The summed E-state index contributed by atoms with van der Waals surface area (Å²) in [5.41, 5.74) is 2.01. The van der Waals surface area contributed by atoms with Gasteiger partial charge in [0.25, 0.3) is 0 Å². The lowest BCUT2D eigenvalue weighted by atomic mass is 9.99. The molecule has 0 saturated carbocycles. The molecule has 0 spiro atoms. The first kappa shape index (κ1) is 23.3. The van der Waals surface area contributed by atoms with E-state index in [1.165, 1.54) is 26.0 Å². The number of alkyl halides is 3. The molecule has 0 bridgehead atoms. The zero-order valence-electron chi connectivity index (χ0n) is 18.3. The van der Waals surface area contributed by atoms with Gasteiger partial charge in [-0.3, -0.25) is 19.6 Å². The van der Waals surface area contributed by atoms with Crippen molar-refractivity contribution in [2.24, 2.45) is 0 Å². The van der Waals surface area contributed by atoms with Crippen LogP contribution in [0.1, 0.15) is 35.0 Å². The highest BCUT2D eigenvalue weighted by molar-refractivity contribution is 6.21. The largest absolute Gasteiger partial charge is 0.418 e. The highest BCUT2D eigenvalue weighted by atomic mass is 19.4. The minimum atomic E-state index is -4.60. The fraction of sp³-hybridized carbons (Fsp3) is 0.200. The summed E-state index contributed by atoms with van der Waals surface area (Å²) in [6.07, 6.45) is 0.113. The van der Waals surface area contributed by atoms with Crippen molar-refractivity contribution in [2.45, 2.75) is 32.9 Å². The second-order valence-electron chi connectivity index (χ2n) is 7.98. The van der Waals surface area contributed by atoms with Crippen LogP contribution in [-0.4, -0.2) is 21.7 Å². The SMILES string of the molecule is CC(=O)C1=CCc2ncc(-c3ccc(CC(=O)Nc4cnc(C)c(C(F)(F)F)c4)c(F)c3)cc21. The van der Waals surface area contributed by atoms with Crippen LogP contribution in [0.15, 0.2) is 48.8 Å². The topological polar surface area (TPSA) is 72.0 Å². The highest BCUT2D eigenvalue weighted by Crippen LogP contribution is 2.33. The van der Waals surface area contributed by atoms with Crippen molar-refractivity contribution in [1.29, 1.82) is 0 Å². The van der Waals surface area contributed by atoms with Gasteiger partial charge in [-0.15, -0.1) is 0 Å². The number of Topliss-reactive ketones (excluding diaryl/α,β-unsaturated/α-hetero) is 1. The quantitative estimate of drug-likeness (QED) is 0.514. The van der Waals surface area contributed by atoms with Gasteiger partial charge in [-0.1, -0.05) is 18.2 Å². The van der Waals surface area contributed by atoms with Gasteiger partial charge in [0.1, 0.15) is 5.82 Å². The molecule has 0 saturated heterocycles. The fourth-order valence-electron chi connectivity index (χ4n) is 3.83. The number of aryl methyl sites for hydroxylation is 1. The molecule has 34 heavy (non-hydrogen) atoms. The molecule has 1 aromatic carbocycles. The number of pyridine rings is 2. The number of nitrogens with one attached hydrogen (secondary N) is 1. The van der Waals surface area contributed by atoms with Crippen LogP contribution in [0.4, 0.5) is 23.2 Å². The maximum Gasteiger partial charge on any atom is 0.418 e. The number of aromatic nitrogens is 2. The van der Waals surface area contributed by atoms with Gasteiger partial charge in [0.05, 0.1) is 29.6 Å². The Kier molecular flexibility index (Phi) is 6.03. The Morgan fingerprint density at radius 1 is 1.06 bits per heavy atom. The van der Waals surface area contributed by atoms with Crippen LogP contribution in [0.25, 0.3) is 16.7 Å². The van der Waals surface area contributed by atoms with Gasteiger partial charge in [0.15, 0.2) is 5.78 Å². The first-order chi connectivity index (χ1) is 16.0. The lowest BCUT2D eigenvalue weighted by Crippen LogP contribution is -2.17. The van der Waals surface area contributed by atoms with E-state index in [2.05, 4.69) is 15.3 Å². The number of anilines is 1. The van der Waals surface area contributed by atoms with Crippen LogP contribution in [-0.2, 0) is 28.6 Å². The first-order valence-electron chi connectivity index (χ1n) is 10.4. The monoisotopic (exact) mass is 469 g/mol. The molecule has 174 valence electrons. The molecule has 2 heterocycles. The maximum absolute atomic E-state index is 14.8. The molecule has 2 aromatic heterocycles. The van der Waals surface area contributed by atoms with E-state index >= 15 is 0 Å². The Hall–Kier alpha value is -3.88. The zero-order chi connectivity index (χ0) is 24.6. The third-order valence-corrected chi connectivity index (χ3v) is 5.55. The molecule has 0 unspecified atom stereocenters. The molecule has 5 nitrogen and oxygen atoms in total. The number of ketones is 1. The third kappa shape index (κ3) is 4.73.